The highest BCUT2D eigenvalue weighted by molar-refractivity contribution is 7.99. The van der Waals surface area contributed by atoms with Gasteiger partial charge in [0.2, 0.25) is 12.2 Å². The second kappa shape index (κ2) is 4.88. The van der Waals surface area contributed by atoms with Crippen LogP contribution in [0.25, 0.3) is 0 Å². The number of nitrogens with zero attached hydrogens (tertiary/aromatic N) is 2. The van der Waals surface area contributed by atoms with Gasteiger partial charge in [0.25, 0.3) is 0 Å². The van der Waals surface area contributed by atoms with Crippen LogP contribution in [-0.2, 0) is 9.59 Å². The highest BCUT2D eigenvalue weighted by Crippen LogP contribution is 2.27. The Morgan fingerprint density at radius 3 is 2.67 bits per heavy atom. The second-order valence-electron chi connectivity index (χ2n) is 2.44. The van der Waals surface area contributed by atoms with Crippen LogP contribution in [0.5, 0.6) is 0 Å². The van der Waals surface area contributed by atoms with Crippen LogP contribution in [0.3, 0.4) is 0 Å². The second-order valence-corrected chi connectivity index (χ2v) is 3.73. The Hall–Kier alpha value is -0.890. The van der Waals surface area contributed by atoms with Gasteiger partial charge < -0.3 is 0 Å². The van der Waals surface area contributed by atoms with Crippen LogP contribution in [-0.4, -0.2) is 29.3 Å². The monoisotopic (exact) mass is 184 g/mol. The topological polar surface area (TPSA) is 58.9 Å². The fraction of sp³-hybridized carbons (Fsp3) is 0.714. The summed E-state index contributed by atoms with van der Waals surface area (Å²) in [4.78, 5) is 27.0. The van der Waals surface area contributed by atoms with E-state index in [2.05, 4.69) is 9.98 Å². The number of carbonyl (C=O) groups excluding carboxylic acids is 2. The molecule has 0 aromatic carbocycles. The van der Waals surface area contributed by atoms with Gasteiger partial charge in [-0.05, 0) is 12.2 Å². The Kier molecular flexibility index (Phi) is 3.74. The van der Waals surface area contributed by atoms with Gasteiger partial charge in [-0.25, -0.2) is 14.6 Å². The first-order valence-electron chi connectivity index (χ1n) is 3.62. The largest absolute Gasteiger partial charge is 0.236 e. The third-order valence-electron chi connectivity index (χ3n) is 1.67. The highest BCUT2D eigenvalue weighted by Gasteiger charge is 2.21. The quantitative estimate of drug-likeness (QED) is 0.473. The van der Waals surface area contributed by atoms with Gasteiger partial charge in [-0.2, -0.15) is 4.99 Å². The van der Waals surface area contributed by atoms with Crippen molar-refractivity contribution in [3.8, 4) is 0 Å². The molecular formula is C7H8N2O2S. The minimum absolute atomic E-state index is 0.00847. The summed E-state index contributed by atoms with van der Waals surface area (Å²) in [7, 11) is 0. The molecule has 2 unspecified atom stereocenters. The smallest absolute Gasteiger partial charge is 0.211 e. The molecule has 0 saturated carbocycles. The molecule has 0 bridgehead atoms. The van der Waals surface area contributed by atoms with Crippen LogP contribution < -0.4 is 0 Å². The summed E-state index contributed by atoms with van der Waals surface area (Å²) in [6, 6.07) is -0.00847. The van der Waals surface area contributed by atoms with Crippen LogP contribution in [0.1, 0.15) is 12.8 Å². The summed E-state index contributed by atoms with van der Waals surface area (Å²) in [6.45, 7) is 0. The number of aliphatic imine (C=N–C) groups is 2. The molecule has 0 amide bonds. The van der Waals surface area contributed by atoms with E-state index in [4.69, 9.17) is 0 Å². The van der Waals surface area contributed by atoms with Crippen molar-refractivity contribution in [3.05, 3.63) is 0 Å². The van der Waals surface area contributed by atoms with E-state index in [1.54, 1.807) is 11.8 Å². The van der Waals surface area contributed by atoms with Crippen LogP contribution in [0.2, 0.25) is 0 Å². The first-order valence-corrected chi connectivity index (χ1v) is 4.67. The Bertz CT molecular complexity index is 220. The maximum atomic E-state index is 9.93. The van der Waals surface area contributed by atoms with Crippen molar-refractivity contribution in [2.45, 2.75) is 24.3 Å². The predicted molar refractivity (Wildman–Crippen MR) is 45.5 cm³/mol. The molecule has 1 aliphatic heterocycles. The lowest BCUT2D eigenvalue weighted by atomic mass is 10.1. The Balaban J connectivity index is 2.50. The van der Waals surface area contributed by atoms with E-state index in [-0.39, 0.29) is 11.4 Å². The zero-order valence-corrected chi connectivity index (χ0v) is 7.21. The summed E-state index contributed by atoms with van der Waals surface area (Å²) in [5.41, 5.74) is 0. The molecule has 0 aliphatic carbocycles. The average Bonchev–Trinajstić information content (AvgIpc) is 2.06. The van der Waals surface area contributed by atoms with E-state index >= 15 is 0 Å². The molecule has 0 radical (unpaired) electrons. The minimum Gasteiger partial charge on any atom is -0.211 e. The van der Waals surface area contributed by atoms with Crippen molar-refractivity contribution in [1.29, 1.82) is 0 Å². The normalized spacial score (nSPS) is 28.3. The minimum atomic E-state index is -0.0710. The maximum absolute atomic E-state index is 9.93. The standard InChI is InChI=1S/C7H8N2O2S/c10-4-8-6-1-2-12-7(3-6)9-5-11/h6-7H,1-3H2. The summed E-state index contributed by atoms with van der Waals surface area (Å²) in [5, 5.41) is -0.0710. The molecule has 64 valence electrons. The van der Waals surface area contributed by atoms with Crippen LogP contribution >= 0.6 is 11.8 Å². The number of isocyanates is 2. The molecule has 1 fully saturated rings. The van der Waals surface area contributed by atoms with Crippen molar-refractivity contribution in [3.63, 3.8) is 0 Å². The molecule has 0 aromatic heterocycles. The van der Waals surface area contributed by atoms with Gasteiger partial charge in [0.05, 0.1) is 6.04 Å². The number of hydrogen-bond donors (Lipinski definition) is 0. The molecule has 1 saturated heterocycles. The highest BCUT2D eigenvalue weighted by atomic mass is 32.2. The molecule has 4 nitrogen and oxygen atoms in total. The van der Waals surface area contributed by atoms with E-state index in [1.165, 1.54) is 12.2 Å². The zero-order chi connectivity index (χ0) is 8.81. The molecular weight excluding hydrogens is 176 g/mol. The van der Waals surface area contributed by atoms with Crippen LogP contribution in [0.15, 0.2) is 9.98 Å². The molecule has 5 heteroatoms. The number of hydrogen-bond acceptors (Lipinski definition) is 5. The third-order valence-corrected chi connectivity index (χ3v) is 2.82. The van der Waals surface area contributed by atoms with Gasteiger partial charge in [0.1, 0.15) is 5.37 Å². The molecule has 2 atom stereocenters. The van der Waals surface area contributed by atoms with Crippen LogP contribution in [0, 0.1) is 0 Å². The van der Waals surface area contributed by atoms with Crippen molar-refractivity contribution < 1.29 is 9.59 Å². The Morgan fingerprint density at radius 1 is 1.25 bits per heavy atom. The zero-order valence-electron chi connectivity index (χ0n) is 6.40. The summed E-state index contributed by atoms with van der Waals surface area (Å²) in [5.74, 6) is 0.881. The Morgan fingerprint density at radius 2 is 2.00 bits per heavy atom. The van der Waals surface area contributed by atoms with Gasteiger partial charge in [0.15, 0.2) is 0 Å². The first-order chi connectivity index (χ1) is 5.86. The van der Waals surface area contributed by atoms with E-state index in [0.29, 0.717) is 6.42 Å². The van der Waals surface area contributed by atoms with E-state index in [1.807, 2.05) is 0 Å². The van der Waals surface area contributed by atoms with Gasteiger partial charge in [-0.3, -0.25) is 0 Å². The van der Waals surface area contributed by atoms with Crippen molar-refractivity contribution in [1.82, 2.24) is 0 Å². The molecule has 1 aliphatic rings. The first kappa shape index (κ1) is 9.20. The Labute approximate surface area is 74.2 Å². The van der Waals surface area contributed by atoms with Crippen molar-refractivity contribution in [2.24, 2.45) is 9.98 Å². The fourth-order valence-electron chi connectivity index (χ4n) is 1.10. The van der Waals surface area contributed by atoms with Gasteiger partial charge in [-0.15, -0.1) is 11.8 Å². The molecule has 1 rings (SSSR count). The lowest BCUT2D eigenvalue weighted by molar-refractivity contribution is 0.533. The van der Waals surface area contributed by atoms with Gasteiger partial charge in [0, 0.05) is 6.42 Å². The average molecular weight is 184 g/mol. The summed E-state index contributed by atoms with van der Waals surface area (Å²) in [6.07, 6.45) is 4.55. The van der Waals surface area contributed by atoms with Gasteiger partial charge in [-0.1, -0.05) is 0 Å². The summed E-state index contributed by atoms with van der Waals surface area (Å²) >= 11 is 1.60. The predicted octanol–water partition coefficient (Wildman–Crippen LogP) is 0.880. The summed E-state index contributed by atoms with van der Waals surface area (Å²) < 4.78 is 0. The van der Waals surface area contributed by atoms with Crippen molar-refractivity contribution in [2.75, 3.05) is 5.75 Å². The van der Waals surface area contributed by atoms with Crippen molar-refractivity contribution >= 4 is 23.9 Å². The number of thioether (sulfide) groups is 1. The maximum Gasteiger partial charge on any atom is 0.236 e. The molecule has 0 N–H and O–H groups in total. The van der Waals surface area contributed by atoms with Gasteiger partial charge >= 0.3 is 0 Å². The molecule has 0 spiro atoms. The van der Waals surface area contributed by atoms with Crippen LogP contribution in [0.4, 0.5) is 0 Å². The number of rotatable bonds is 2. The third kappa shape index (κ3) is 2.62. The molecule has 1 heterocycles. The molecule has 12 heavy (non-hydrogen) atoms. The van der Waals surface area contributed by atoms with E-state index in [0.717, 1.165) is 12.2 Å². The fourth-order valence-corrected chi connectivity index (χ4v) is 2.26. The lowest BCUT2D eigenvalue weighted by Crippen LogP contribution is -2.19. The molecule has 0 aromatic rings. The van der Waals surface area contributed by atoms with E-state index in [9.17, 15) is 9.59 Å². The van der Waals surface area contributed by atoms with E-state index < -0.39 is 0 Å². The SMILES string of the molecule is O=C=NC1CCSC(N=C=O)C1. The lowest BCUT2D eigenvalue weighted by Gasteiger charge is -2.20.